The van der Waals surface area contributed by atoms with Crippen LogP contribution in [-0.4, -0.2) is 72.7 Å². The van der Waals surface area contributed by atoms with Crippen LogP contribution in [0.5, 0.6) is 0 Å². The molecule has 3 heterocycles. The van der Waals surface area contributed by atoms with Crippen LogP contribution in [0, 0.1) is 5.41 Å². The van der Waals surface area contributed by atoms with Gasteiger partial charge in [-0.05, 0) is 62.1 Å². The number of sulfone groups is 1. The number of hydrogen-bond donors (Lipinski definition) is 1. The van der Waals surface area contributed by atoms with Gasteiger partial charge in [-0.15, -0.1) is 0 Å². The van der Waals surface area contributed by atoms with Crippen LogP contribution in [0.4, 0.5) is 0 Å². The van der Waals surface area contributed by atoms with Crippen molar-refractivity contribution in [2.45, 2.75) is 49.5 Å². The molecule has 168 valence electrons. The maximum Gasteiger partial charge on any atom is 0.326 e. The van der Waals surface area contributed by atoms with E-state index in [9.17, 15) is 18.0 Å². The second-order valence-corrected chi connectivity index (χ2v) is 11.7. The normalized spacial score (nSPS) is 22.3. The monoisotopic (exact) mass is 446 g/mol. The molecule has 1 aromatic heterocycles. The maximum atomic E-state index is 12.7. The van der Waals surface area contributed by atoms with E-state index in [0.29, 0.717) is 17.5 Å². The van der Waals surface area contributed by atoms with E-state index in [4.69, 9.17) is 0 Å². The number of carbonyl (C=O) groups is 1. The molecule has 8 nitrogen and oxygen atoms in total. The number of aromatic amines is 1. The lowest BCUT2D eigenvalue weighted by Gasteiger charge is -2.36. The van der Waals surface area contributed by atoms with Crippen LogP contribution in [0.2, 0.25) is 0 Å². The van der Waals surface area contributed by atoms with Crippen molar-refractivity contribution in [3.05, 3.63) is 28.7 Å². The van der Waals surface area contributed by atoms with Gasteiger partial charge < -0.3 is 9.88 Å². The topological polar surface area (TPSA) is 95.5 Å². The Hall–Kier alpha value is -2.13. The van der Waals surface area contributed by atoms with Gasteiger partial charge in [-0.3, -0.25) is 14.3 Å². The first-order valence-electron chi connectivity index (χ1n) is 11.2. The highest BCUT2D eigenvalue weighted by Gasteiger charge is 2.45. The quantitative estimate of drug-likeness (QED) is 0.772. The highest BCUT2D eigenvalue weighted by atomic mass is 32.2. The summed E-state index contributed by atoms with van der Waals surface area (Å²) in [5, 5.41) is 0. The molecule has 1 aliphatic carbocycles. The lowest BCUT2D eigenvalue weighted by atomic mass is 9.93. The number of hydrogen-bond acceptors (Lipinski definition) is 5. The lowest BCUT2D eigenvalue weighted by molar-refractivity contribution is -0.134. The highest BCUT2D eigenvalue weighted by molar-refractivity contribution is 7.90. The van der Waals surface area contributed by atoms with Gasteiger partial charge in [0.2, 0.25) is 5.91 Å². The third-order valence-electron chi connectivity index (χ3n) is 7.53. The van der Waals surface area contributed by atoms with Crippen molar-refractivity contribution in [3.8, 4) is 0 Å². The fourth-order valence-corrected chi connectivity index (χ4v) is 5.88. The second kappa shape index (κ2) is 7.48. The summed E-state index contributed by atoms with van der Waals surface area (Å²) in [6.45, 7) is 3.80. The van der Waals surface area contributed by atoms with Gasteiger partial charge >= 0.3 is 5.69 Å². The molecule has 0 atom stereocenters. The number of piperidine rings is 2. The zero-order valence-corrected chi connectivity index (χ0v) is 18.8. The predicted molar refractivity (Wildman–Crippen MR) is 118 cm³/mol. The molecule has 9 heteroatoms. The van der Waals surface area contributed by atoms with Crippen LogP contribution >= 0.6 is 0 Å². The van der Waals surface area contributed by atoms with Gasteiger partial charge in [0.1, 0.15) is 0 Å². The van der Waals surface area contributed by atoms with E-state index < -0.39 is 9.84 Å². The number of amides is 1. The Balaban J connectivity index is 1.22. The van der Waals surface area contributed by atoms with E-state index in [0.717, 1.165) is 63.6 Å². The summed E-state index contributed by atoms with van der Waals surface area (Å²) >= 11 is 0. The Bertz CT molecular complexity index is 1160. The van der Waals surface area contributed by atoms with Crippen molar-refractivity contribution < 1.29 is 13.2 Å². The minimum Gasteiger partial charge on any atom is -0.342 e. The summed E-state index contributed by atoms with van der Waals surface area (Å²) in [5.41, 5.74) is 1.64. The molecule has 0 unspecified atom stereocenters. The van der Waals surface area contributed by atoms with Gasteiger partial charge in [0.15, 0.2) is 9.84 Å². The van der Waals surface area contributed by atoms with Gasteiger partial charge in [0, 0.05) is 38.5 Å². The molecule has 3 aliphatic rings. The number of aromatic nitrogens is 2. The van der Waals surface area contributed by atoms with Crippen LogP contribution in [0.1, 0.15) is 44.6 Å². The molecule has 2 saturated heterocycles. The molecule has 1 aromatic carbocycles. The summed E-state index contributed by atoms with van der Waals surface area (Å²) in [5.74, 6) is 0.228. The van der Waals surface area contributed by atoms with Crippen molar-refractivity contribution in [1.82, 2.24) is 19.4 Å². The summed E-state index contributed by atoms with van der Waals surface area (Å²) in [6.07, 6.45) is 7.73. The molecule has 2 aliphatic heterocycles. The third kappa shape index (κ3) is 4.05. The Morgan fingerprint density at radius 2 is 1.77 bits per heavy atom. The number of likely N-dealkylation sites (tertiary alicyclic amines) is 2. The molecule has 1 saturated carbocycles. The number of benzene rings is 1. The van der Waals surface area contributed by atoms with Crippen molar-refractivity contribution in [3.63, 3.8) is 0 Å². The molecule has 2 aromatic rings. The standard InChI is InChI=1S/C22H30N4O4S/c1-31(29,30)17-2-3-19-18(14-17)23-21(28)26(19)16-4-10-24(11-5-16)15-20(27)25-12-8-22(6-7-22)9-13-25/h2-3,14,16H,4-13,15H2,1H3,(H,23,28). The first-order chi connectivity index (χ1) is 14.7. The average molecular weight is 447 g/mol. The van der Waals surface area contributed by atoms with Crippen molar-refractivity contribution in [2.75, 3.05) is 39.0 Å². The number of nitrogens with zero attached hydrogens (tertiary/aromatic N) is 3. The molecular formula is C22H30N4O4S. The Kier molecular flexibility index (Phi) is 5.01. The third-order valence-corrected chi connectivity index (χ3v) is 8.64. The summed E-state index contributed by atoms with van der Waals surface area (Å²) in [6, 6.07) is 4.84. The Morgan fingerprint density at radius 1 is 1.10 bits per heavy atom. The van der Waals surface area contributed by atoms with Crippen molar-refractivity contribution in [1.29, 1.82) is 0 Å². The first-order valence-corrected chi connectivity index (χ1v) is 13.1. The predicted octanol–water partition coefficient (Wildman–Crippen LogP) is 1.77. The molecule has 0 bridgehead atoms. The number of rotatable bonds is 4. The minimum absolute atomic E-state index is 0.0430. The van der Waals surface area contributed by atoms with Gasteiger partial charge in [-0.1, -0.05) is 0 Å². The molecule has 0 radical (unpaired) electrons. The molecule has 1 amide bonds. The fraction of sp³-hybridized carbons (Fsp3) is 0.636. The molecule has 3 fully saturated rings. The summed E-state index contributed by atoms with van der Waals surface area (Å²) < 4.78 is 25.4. The van der Waals surface area contributed by atoms with Gasteiger partial charge in [-0.25, -0.2) is 13.2 Å². The van der Waals surface area contributed by atoms with Gasteiger partial charge in [-0.2, -0.15) is 0 Å². The van der Waals surface area contributed by atoms with E-state index in [-0.39, 0.29) is 22.5 Å². The number of carbonyl (C=O) groups excluding carboxylic acids is 1. The van der Waals surface area contributed by atoms with Crippen LogP contribution in [0.3, 0.4) is 0 Å². The Morgan fingerprint density at radius 3 is 2.39 bits per heavy atom. The SMILES string of the molecule is CS(=O)(=O)c1ccc2c(c1)[nH]c(=O)n2C1CCN(CC(=O)N2CCC3(CC2)CC3)CC1. The average Bonchev–Trinajstić information content (AvgIpc) is 3.39. The molecule has 1 spiro atoms. The number of imidazole rings is 1. The fourth-order valence-electron chi connectivity index (χ4n) is 5.24. The smallest absolute Gasteiger partial charge is 0.326 e. The van der Waals surface area contributed by atoms with Gasteiger partial charge in [0.05, 0.1) is 22.5 Å². The molecule has 5 rings (SSSR count). The number of nitrogens with one attached hydrogen (secondary N) is 1. The zero-order valence-electron chi connectivity index (χ0n) is 18.0. The summed E-state index contributed by atoms with van der Waals surface area (Å²) in [7, 11) is -3.33. The van der Waals surface area contributed by atoms with Crippen LogP contribution in [-0.2, 0) is 14.6 Å². The van der Waals surface area contributed by atoms with Crippen LogP contribution < -0.4 is 5.69 Å². The van der Waals surface area contributed by atoms with Crippen molar-refractivity contribution in [2.24, 2.45) is 5.41 Å². The van der Waals surface area contributed by atoms with Gasteiger partial charge in [0.25, 0.3) is 0 Å². The maximum absolute atomic E-state index is 12.7. The first kappa shape index (κ1) is 20.8. The highest BCUT2D eigenvalue weighted by Crippen LogP contribution is 2.53. The van der Waals surface area contributed by atoms with E-state index in [1.807, 2.05) is 4.90 Å². The van der Waals surface area contributed by atoms with E-state index in [1.54, 1.807) is 16.7 Å². The molecule has 31 heavy (non-hydrogen) atoms. The zero-order chi connectivity index (χ0) is 21.8. The van der Waals surface area contributed by atoms with Crippen LogP contribution in [0.25, 0.3) is 11.0 Å². The summed E-state index contributed by atoms with van der Waals surface area (Å²) in [4.78, 5) is 32.6. The van der Waals surface area contributed by atoms with E-state index in [2.05, 4.69) is 9.88 Å². The van der Waals surface area contributed by atoms with E-state index >= 15 is 0 Å². The molecule has 1 N–H and O–H groups in total. The largest absolute Gasteiger partial charge is 0.342 e. The molecular weight excluding hydrogens is 416 g/mol. The van der Waals surface area contributed by atoms with E-state index in [1.165, 1.54) is 18.9 Å². The lowest BCUT2D eigenvalue weighted by Crippen LogP contribution is -2.46. The van der Waals surface area contributed by atoms with Crippen LogP contribution in [0.15, 0.2) is 27.9 Å². The number of H-pyrrole nitrogens is 1. The Labute approximate surface area is 182 Å². The van der Waals surface area contributed by atoms with Crippen molar-refractivity contribution >= 4 is 26.8 Å². The minimum atomic E-state index is -3.33. The second-order valence-electron chi connectivity index (χ2n) is 9.64. The number of fused-ring (bicyclic) bond motifs is 1.